The predicted molar refractivity (Wildman–Crippen MR) is 105 cm³/mol. The smallest absolute Gasteiger partial charge is 0.252 e. The summed E-state index contributed by atoms with van der Waals surface area (Å²) >= 11 is 1.31. The van der Waals surface area contributed by atoms with Gasteiger partial charge in [-0.15, -0.1) is 11.3 Å². The van der Waals surface area contributed by atoms with Crippen molar-refractivity contribution in [1.82, 2.24) is 9.62 Å². The molecule has 1 saturated heterocycles. The van der Waals surface area contributed by atoms with E-state index < -0.39 is 10.0 Å². The van der Waals surface area contributed by atoms with Gasteiger partial charge in [0.1, 0.15) is 4.21 Å². The largest absolute Gasteiger partial charge is 0.356 e. The van der Waals surface area contributed by atoms with Gasteiger partial charge in [-0.2, -0.15) is 4.31 Å². The number of sulfonamides is 1. The summed E-state index contributed by atoms with van der Waals surface area (Å²) in [6.07, 6.45) is 9.31. The van der Waals surface area contributed by atoms with Crippen LogP contribution in [0, 0.1) is 12.8 Å². The Balaban J connectivity index is 1.45. The summed E-state index contributed by atoms with van der Waals surface area (Å²) in [6.45, 7) is 3.44. The second-order valence-electron chi connectivity index (χ2n) is 7.19. The summed E-state index contributed by atoms with van der Waals surface area (Å²) in [5.74, 6) is -0.00252. The lowest BCUT2D eigenvalue weighted by Gasteiger charge is -2.30. The molecule has 0 unspecified atom stereocenters. The van der Waals surface area contributed by atoms with E-state index in [2.05, 4.69) is 11.4 Å². The molecule has 1 aliphatic carbocycles. The Kier molecular flexibility index (Phi) is 6.53. The first kappa shape index (κ1) is 19.6. The topological polar surface area (TPSA) is 66.5 Å². The summed E-state index contributed by atoms with van der Waals surface area (Å²) in [7, 11) is -3.41. The van der Waals surface area contributed by atoms with Crippen LogP contribution in [-0.4, -0.2) is 38.3 Å². The Morgan fingerprint density at radius 2 is 2.04 bits per heavy atom. The number of amides is 1. The number of piperidine rings is 1. The van der Waals surface area contributed by atoms with E-state index in [1.54, 1.807) is 6.07 Å². The highest BCUT2D eigenvalue weighted by molar-refractivity contribution is 7.91. The van der Waals surface area contributed by atoms with Crippen molar-refractivity contribution in [3.05, 3.63) is 28.7 Å². The zero-order valence-electron chi connectivity index (χ0n) is 15.4. The maximum absolute atomic E-state index is 12.7. The number of aryl methyl sites for hydroxylation is 1. The van der Waals surface area contributed by atoms with Gasteiger partial charge in [0.15, 0.2) is 0 Å². The highest BCUT2D eigenvalue weighted by atomic mass is 32.2. The highest BCUT2D eigenvalue weighted by Crippen LogP contribution is 2.28. The van der Waals surface area contributed by atoms with Gasteiger partial charge >= 0.3 is 0 Å². The van der Waals surface area contributed by atoms with Gasteiger partial charge in [-0.3, -0.25) is 4.79 Å². The summed E-state index contributed by atoms with van der Waals surface area (Å²) < 4.78 is 27.2. The van der Waals surface area contributed by atoms with Gasteiger partial charge < -0.3 is 5.32 Å². The van der Waals surface area contributed by atoms with Crippen molar-refractivity contribution in [3.8, 4) is 0 Å². The van der Waals surface area contributed by atoms with Crippen molar-refractivity contribution < 1.29 is 13.2 Å². The number of thiophene rings is 1. The lowest BCUT2D eigenvalue weighted by atomic mass is 9.96. The molecule has 1 aromatic rings. The fraction of sp³-hybridized carbons (Fsp3) is 0.632. The molecule has 2 heterocycles. The second kappa shape index (κ2) is 8.67. The quantitative estimate of drug-likeness (QED) is 0.749. The molecular formula is C19H28N2O3S2. The van der Waals surface area contributed by atoms with Crippen molar-refractivity contribution in [1.29, 1.82) is 0 Å². The minimum Gasteiger partial charge on any atom is -0.356 e. The third-order valence-corrected chi connectivity index (χ3v) is 8.63. The van der Waals surface area contributed by atoms with Gasteiger partial charge in [0.05, 0.1) is 0 Å². The van der Waals surface area contributed by atoms with E-state index in [0.717, 1.165) is 17.7 Å². The van der Waals surface area contributed by atoms with E-state index in [4.69, 9.17) is 0 Å². The third-order valence-electron chi connectivity index (χ3n) is 5.26. The molecule has 1 aliphatic heterocycles. The standard InChI is InChI=1S/C19H28N2O3S2/c1-15-7-8-18(25-15)26(23,24)21-13-10-17(11-14-21)19(22)20-12-9-16-5-3-2-4-6-16/h5,7-8,17H,2-4,6,9-14H2,1H3,(H,20,22). The number of rotatable bonds is 6. The van der Waals surface area contributed by atoms with Crippen molar-refractivity contribution in [3.63, 3.8) is 0 Å². The molecule has 1 amide bonds. The van der Waals surface area contributed by atoms with Crippen LogP contribution in [0.5, 0.6) is 0 Å². The molecule has 3 rings (SSSR count). The maximum atomic E-state index is 12.7. The molecule has 1 fully saturated rings. The van der Waals surface area contributed by atoms with E-state index in [0.29, 0.717) is 36.7 Å². The van der Waals surface area contributed by atoms with Crippen LogP contribution < -0.4 is 5.32 Å². The number of allylic oxidation sites excluding steroid dienone is 1. The molecule has 1 aromatic heterocycles. The average Bonchev–Trinajstić information content (AvgIpc) is 3.10. The van der Waals surface area contributed by atoms with Crippen LogP contribution in [0.2, 0.25) is 0 Å². The fourth-order valence-corrected chi connectivity index (χ4v) is 6.57. The number of nitrogens with zero attached hydrogens (tertiary/aromatic N) is 1. The Morgan fingerprint density at radius 3 is 2.65 bits per heavy atom. The van der Waals surface area contributed by atoms with E-state index in [-0.39, 0.29) is 11.8 Å². The molecule has 26 heavy (non-hydrogen) atoms. The van der Waals surface area contributed by atoms with Gasteiger partial charge in [0.25, 0.3) is 10.0 Å². The molecule has 0 aromatic carbocycles. The lowest BCUT2D eigenvalue weighted by Crippen LogP contribution is -2.43. The normalized spacial score (nSPS) is 20.0. The fourth-order valence-electron chi connectivity index (χ4n) is 3.66. The lowest BCUT2D eigenvalue weighted by molar-refractivity contribution is -0.126. The van der Waals surface area contributed by atoms with Gasteiger partial charge in [0.2, 0.25) is 5.91 Å². The minimum absolute atomic E-state index is 0.0745. The van der Waals surface area contributed by atoms with Gasteiger partial charge in [-0.25, -0.2) is 8.42 Å². The summed E-state index contributed by atoms with van der Waals surface area (Å²) in [5.41, 5.74) is 1.46. The summed E-state index contributed by atoms with van der Waals surface area (Å²) in [5, 5.41) is 3.04. The molecule has 0 saturated carbocycles. The zero-order valence-corrected chi connectivity index (χ0v) is 17.0. The van der Waals surface area contributed by atoms with Crippen molar-refractivity contribution >= 4 is 27.3 Å². The van der Waals surface area contributed by atoms with Crippen molar-refractivity contribution in [2.45, 2.75) is 56.1 Å². The molecule has 144 valence electrons. The predicted octanol–water partition coefficient (Wildman–Crippen LogP) is 3.46. The summed E-state index contributed by atoms with van der Waals surface area (Å²) in [4.78, 5) is 13.4. The van der Waals surface area contributed by atoms with Crippen molar-refractivity contribution in [2.75, 3.05) is 19.6 Å². The molecule has 0 spiro atoms. The monoisotopic (exact) mass is 396 g/mol. The second-order valence-corrected chi connectivity index (χ2v) is 10.6. The van der Waals surface area contributed by atoms with Crippen LogP contribution >= 0.6 is 11.3 Å². The first-order chi connectivity index (χ1) is 12.5. The number of carbonyl (C=O) groups is 1. The Bertz CT molecular complexity index is 760. The number of carbonyl (C=O) groups excluding carboxylic acids is 1. The molecule has 2 aliphatic rings. The average molecular weight is 397 g/mol. The van der Waals surface area contributed by atoms with Gasteiger partial charge in [-0.05, 0) is 64.0 Å². The van der Waals surface area contributed by atoms with Crippen LogP contribution in [0.3, 0.4) is 0 Å². The van der Waals surface area contributed by atoms with Crippen molar-refractivity contribution in [2.24, 2.45) is 5.92 Å². The SMILES string of the molecule is Cc1ccc(S(=O)(=O)N2CCC(C(=O)NCCC3=CCCCC3)CC2)s1. The number of nitrogens with one attached hydrogen (secondary N) is 1. The van der Waals surface area contributed by atoms with Crippen LogP contribution in [-0.2, 0) is 14.8 Å². The third kappa shape index (κ3) is 4.75. The van der Waals surface area contributed by atoms with Crippen LogP contribution in [0.15, 0.2) is 28.0 Å². The molecular weight excluding hydrogens is 368 g/mol. The molecule has 0 atom stereocenters. The van der Waals surface area contributed by atoms with Crippen LogP contribution in [0.25, 0.3) is 0 Å². The Hall–Kier alpha value is -1.18. The van der Waals surface area contributed by atoms with E-state index in [9.17, 15) is 13.2 Å². The van der Waals surface area contributed by atoms with E-state index in [1.807, 2.05) is 13.0 Å². The minimum atomic E-state index is -3.41. The van der Waals surface area contributed by atoms with Crippen LogP contribution in [0.1, 0.15) is 49.8 Å². The number of hydrogen-bond donors (Lipinski definition) is 1. The van der Waals surface area contributed by atoms with Gasteiger partial charge in [-0.1, -0.05) is 11.6 Å². The zero-order chi connectivity index (χ0) is 18.6. The van der Waals surface area contributed by atoms with Gasteiger partial charge in [0, 0.05) is 30.4 Å². The molecule has 7 heteroatoms. The van der Waals surface area contributed by atoms with E-state index >= 15 is 0 Å². The first-order valence-electron chi connectivity index (χ1n) is 9.49. The summed E-state index contributed by atoms with van der Waals surface area (Å²) in [6, 6.07) is 3.51. The number of hydrogen-bond acceptors (Lipinski definition) is 4. The molecule has 1 N–H and O–H groups in total. The molecule has 5 nitrogen and oxygen atoms in total. The van der Waals surface area contributed by atoms with Crippen LogP contribution in [0.4, 0.5) is 0 Å². The first-order valence-corrected chi connectivity index (χ1v) is 11.7. The Morgan fingerprint density at radius 1 is 1.27 bits per heavy atom. The highest BCUT2D eigenvalue weighted by Gasteiger charge is 2.32. The molecule has 0 bridgehead atoms. The maximum Gasteiger partial charge on any atom is 0.252 e. The van der Waals surface area contributed by atoms with E-state index in [1.165, 1.54) is 40.5 Å². The molecule has 0 radical (unpaired) electrons. The Labute approximate surface area is 160 Å².